The van der Waals surface area contributed by atoms with Gasteiger partial charge in [0.05, 0.1) is 5.56 Å². The molecule has 0 aliphatic heterocycles. The van der Waals surface area contributed by atoms with Crippen LogP contribution < -0.4 is 0 Å². The minimum Gasteiger partial charge on any atom is -0.452 e. The summed E-state index contributed by atoms with van der Waals surface area (Å²) in [4.78, 5) is 11.8. The normalized spacial score (nSPS) is 10.4. The highest BCUT2D eigenvalue weighted by molar-refractivity contribution is 5.89. The smallest absolute Gasteiger partial charge is 0.338 e. The number of esters is 1. The quantitative estimate of drug-likeness (QED) is 0.692. The Morgan fingerprint density at radius 2 is 1.77 bits per heavy atom. The van der Waals surface area contributed by atoms with E-state index in [1.165, 1.54) is 24.3 Å². The van der Waals surface area contributed by atoms with E-state index in [1.807, 2.05) is 30.3 Å². The highest BCUT2D eigenvalue weighted by Crippen LogP contribution is 2.17. The molecule has 0 amide bonds. The average Bonchev–Trinajstić information content (AvgIpc) is 3.03. The number of nitrogens with zero attached hydrogens (tertiary/aromatic N) is 2. The van der Waals surface area contributed by atoms with Gasteiger partial charge in [-0.25, -0.2) is 9.18 Å². The van der Waals surface area contributed by atoms with Gasteiger partial charge in [-0.1, -0.05) is 18.2 Å². The molecule has 1 aromatic heterocycles. The molecule has 0 saturated carbocycles. The fraction of sp³-hybridized carbons (Fsp3) is 0.0625. The lowest BCUT2D eigenvalue weighted by Gasteiger charge is -2.01. The van der Waals surface area contributed by atoms with Crippen molar-refractivity contribution < 1.29 is 18.3 Å². The van der Waals surface area contributed by atoms with Crippen molar-refractivity contribution in [3.63, 3.8) is 0 Å². The van der Waals surface area contributed by atoms with E-state index in [1.54, 1.807) is 0 Å². The molecule has 0 saturated heterocycles. The van der Waals surface area contributed by atoms with Gasteiger partial charge in [-0.3, -0.25) is 0 Å². The Hall–Kier alpha value is -3.02. The van der Waals surface area contributed by atoms with Crippen LogP contribution in [0.4, 0.5) is 4.39 Å². The summed E-state index contributed by atoms with van der Waals surface area (Å²) in [5, 5.41) is 7.71. The van der Waals surface area contributed by atoms with Gasteiger partial charge in [0.15, 0.2) is 6.61 Å². The Morgan fingerprint density at radius 3 is 2.50 bits per heavy atom. The second kappa shape index (κ2) is 6.17. The molecule has 0 bridgehead atoms. The van der Waals surface area contributed by atoms with Crippen LogP contribution in [-0.2, 0) is 11.3 Å². The Labute approximate surface area is 125 Å². The molecule has 0 spiro atoms. The number of hydrogen-bond acceptors (Lipinski definition) is 5. The zero-order valence-corrected chi connectivity index (χ0v) is 11.4. The maximum absolute atomic E-state index is 12.8. The summed E-state index contributed by atoms with van der Waals surface area (Å²) in [6, 6.07) is 14.3. The van der Waals surface area contributed by atoms with Gasteiger partial charge < -0.3 is 9.15 Å². The molecule has 22 heavy (non-hydrogen) atoms. The molecular formula is C16H11FN2O3. The number of ether oxygens (including phenoxy) is 1. The summed E-state index contributed by atoms with van der Waals surface area (Å²) in [6.45, 7) is -0.143. The van der Waals surface area contributed by atoms with Crippen LogP contribution in [0.25, 0.3) is 11.5 Å². The third-order valence-corrected chi connectivity index (χ3v) is 2.89. The Morgan fingerprint density at radius 1 is 1.05 bits per heavy atom. The number of aromatic nitrogens is 2. The maximum atomic E-state index is 12.8. The minimum absolute atomic E-state index is 0.143. The Balaban J connectivity index is 1.64. The van der Waals surface area contributed by atoms with Gasteiger partial charge in [-0.05, 0) is 36.4 Å². The molecule has 3 aromatic rings. The largest absolute Gasteiger partial charge is 0.452 e. The van der Waals surface area contributed by atoms with Gasteiger partial charge in [0.2, 0.25) is 5.89 Å². The second-order valence-electron chi connectivity index (χ2n) is 4.45. The lowest BCUT2D eigenvalue weighted by molar-refractivity contribution is 0.0438. The van der Waals surface area contributed by atoms with Crippen molar-refractivity contribution in [1.82, 2.24) is 10.2 Å². The molecule has 0 radical (unpaired) electrons. The summed E-state index contributed by atoms with van der Waals surface area (Å²) >= 11 is 0. The van der Waals surface area contributed by atoms with E-state index in [2.05, 4.69) is 10.2 Å². The third-order valence-electron chi connectivity index (χ3n) is 2.89. The number of benzene rings is 2. The van der Waals surface area contributed by atoms with Gasteiger partial charge in [0, 0.05) is 5.56 Å². The fourth-order valence-corrected chi connectivity index (χ4v) is 1.81. The average molecular weight is 298 g/mol. The first-order valence-electron chi connectivity index (χ1n) is 6.53. The topological polar surface area (TPSA) is 65.2 Å². The number of rotatable bonds is 4. The Kier molecular flexibility index (Phi) is 3.91. The molecule has 0 atom stereocenters. The van der Waals surface area contributed by atoms with E-state index in [0.29, 0.717) is 5.89 Å². The molecule has 110 valence electrons. The van der Waals surface area contributed by atoms with Gasteiger partial charge in [-0.2, -0.15) is 0 Å². The molecule has 0 fully saturated rings. The number of halogens is 1. The first kappa shape index (κ1) is 13.9. The lowest BCUT2D eigenvalue weighted by Crippen LogP contribution is -2.05. The molecule has 3 rings (SSSR count). The summed E-state index contributed by atoms with van der Waals surface area (Å²) in [5.74, 6) is -0.455. The fourth-order valence-electron chi connectivity index (χ4n) is 1.81. The van der Waals surface area contributed by atoms with Crippen molar-refractivity contribution in [2.45, 2.75) is 6.61 Å². The van der Waals surface area contributed by atoms with E-state index in [-0.39, 0.29) is 18.1 Å². The number of carbonyl (C=O) groups excluding carboxylic acids is 1. The lowest BCUT2D eigenvalue weighted by atomic mass is 10.2. The van der Waals surface area contributed by atoms with Crippen LogP contribution >= 0.6 is 0 Å². The van der Waals surface area contributed by atoms with Gasteiger partial charge in [0.25, 0.3) is 5.89 Å². The molecule has 0 N–H and O–H groups in total. The van der Waals surface area contributed by atoms with Crippen molar-refractivity contribution >= 4 is 5.97 Å². The molecule has 1 heterocycles. The summed E-state index contributed by atoms with van der Waals surface area (Å²) < 4.78 is 23.2. The van der Waals surface area contributed by atoms with Crippen molar-refractivity contribution in [3.8, 4) is 11.5 Å². The van der Waals surface area contributed by atoms with E-state index >= 15 is 0 Å². The van der Waals surface area contributed by atoms with Crippen molar-refractivity contribution in [3.05, 3.63) is 71.9 Å². The standard InChI is InChI=1S/C16H11FN2O3/c17-13-8-6-12(7-9-13)16(20)21-10-14-18-19-15(22-14)11-4-2-1-3-5-11/h1-9H,10H2. The summed E-state index contributed by atoms with van der Waals surface area (Å²) in [6.07, 6.45) is 0. The maximum Gasteiger partial charge on any atom is 0.338 e. The van der Waals surface area contributed by atoms with Crippen LogP contribution in [-0.4, -0.2) is 16.2 Å². The zero-order chi connectivity index (χ0) is 15.4. The number of carbonyl (C=O) groups is 1. The number of hydrogen-bond donors (Lipinski definition) is 0. The highest BCUT2D eigenvalue weighted by Gasteiger charge is 2.12. The predicted octanol–water partition coefficient (Wildman–Crippen LogP) is 3.23. The first-order chi connectivity index (χ1) is 10.7. The molecule has 6 heteroatoms. The first-order valence-corrected chi connectivity index (χ1v) is 6.53. The molecular weight excluding hydrogens is 287 g/mol. The van der Waals surface area contributed by atoms with Crippen LogP contribution in [0.2, 0.25) is 0 Å². The van der Waals surface area contributed by atoms with Crippen LogP contribution in [0.5, 0.6) is 0 Å². The molecule has 0 unspecified atom stereocenters. The van der Waals surface area contributed by atoms with Crippen LogP contribution in [0, 0.1) is 5.82 Å². The Bertz CT molecular complexity index is 770. The van der Waals surface area contributed by atoms with Gasteiger partial charge in [0.1, 0.15) is 5.82 Å². The predicted molar refractivity (Wildman–Crippen MR) is 75.3 cm³/mol. The third kappa shape index (κ3) is 3.17. The molecule has 5 nitrogen and oxygen atoms in total. The molecule has 0 aliphatic rings. The molecule has 2 aromatic carbocycles. The summed E-state index contributed by atoms with van der Waals surface area (Å²) in [5.41, 5.74) is 1.04. The van der Waals surface area contributed by atoms with Gasteiger partial charge in [-0.15, -0.1) is 10.2 Å². The van der Waals surface area contributed by atoms with Gasteiger partial charge >= 0.3 is 5.97 Å². The zero-order valence-electron chi connectivity index (χ0n) is 11.4. The van der Waals surface area contributed by atoms with E-state index in [9.17, 15) is 9.18 Å². The summed E-state index contributed by atoms with van der Waals surface area (Å²) in [7, 11) is 0. The monoisotopic (exact) mass is 298 g/mol. The van der Waals surface area contributed by atoms with E-state index in [4.69, 9.17) is 9.15 Å². The molecule has 0 aliphatic carbocycles. The van der Waals surface area contributed by atoms with E-state index < -0.39 is 11.8 Å². The highest BCUT2D eigenvalue weighted by atomic mass is 19.1. The van der Waals surface area contributed by atoms with Crippen molar-refractivity contribution in [1.29, 1.82) is 0 Å². The van der Waals surface area contributed by atoms with Crippen LogP contribution in [0.15, 0.2) is 59.0 Å². The SMILES string of the molecule is O=C(OCc1nnc(-c2ccccc2)o1)c1ccc(F)cc1. The van der Waals surface area contributed by atoms with E-state index in [0.717, 1.165) is 5.56 Å². The van der Waals surface area contributed by atoms with Crippen LogP contribution in [0.3, 0.4) is 0 Å². The second-order valence-corrected chi connectivity index (χ2v) is 4.45. The van der Waals surface area contributed by atoms with Crippen molar-refractivity contribution in [2.24, 2.45) is 0 Å². The van der Waals surface area contributed by atoms with Crippen molar-refractivity contribution in [2.75, 3.05) is 0 Å². The minimum atomic E-state index is -0.584. The van der Waals surface area contributed by atoms with Crippen LogP contribution in [0.1, 0.15) is 16.2 Å².